The van der Waals surface area contributed by atoms with Crippen molar-refractivity contribution in [1.29, 1.82) is 0 Å². The summed E-state index contributed by atoms with van der Waals surface area (Å²) in [6, 6.07) is 12.7. The van der Waals surface area contributed by atoms with E-state index in [4.69, 9.17) is 9.47 Å². The summed E-state index contributed by atoms with van der Waals surface area (Å²) in [4.78, 5) is 56.3. The number of carbonyl (C=O) groups excluding carboxylic acids is 4. The van der Waals surface area contributed by atoms with E-state index in [0.29, 0.717) is 12.0 Å². The monoisotopic (exact) mass is 625 g/mol. The number of aliphatic hydroxyl groups excluding tert-OH is 1. The molecule has 0 fully saturated rings. The number of carbonyl (C=O) groups is 4. The van der Waals surface area contributed by atoms with Gasteiger partial charge in [0.1, 0.15) is 29.3 Å². The van der Waals surface area contributed by atoms with Gasteiger partial charge in [0.25, 0.3) is 0 Å². The highest BCUT2D eigenvalue weighted by Gasteiger charge is 2.44. The second kappa shape index (κ2) is 15.4. The summed E-state index contributed by atoms with van der Waals surface area (Å²) >= 11 is 0. The van der Waals surface area contributed by atoms with E-state index in [1.165, 1.54) is 4.90 Å². The van der Waals surface area contributed by atoms with Crippen LogP contribution in [0.5, 0.6) is 0 Å². The zero-order chi connectivity index (χ0) is 34.2. The molecule has 0 saturated heterocycles. The van der Waals surface area contributed by atoms with E-state index in [1.807, 2.05) is 50.2 Å². The predicted molar refractivity (Wildman–Crippen MR) is 173 cm³/mol. The van der Waals surface area contributed by atoms with E-state index in [-0.39, 0.29) is 6.42 Å². The molecule has 2 aromatic carbocycles. The highest BCUT2D eigenvalue weighted by Crippen LogP contribution is 2.33. The molecule has 3 amide bonds. The third-order valence-corrected chi connectivity index (χ3v) is 7.08. The van der Waals surface area contributed by atoms with Gasteiger partial charge in [-0.1, -0.05) is 67.1 Å². The van der Waals surface area contributed by atoms with E-state index in [2.05, 4.69) is 10.6 Å². The number of amides is 3. The lowest BCUT2D eigenvalue weighted by molar-refractivity contribution is -0.159. The molecule has 3 unspecified atom stereocenters. The molecule has 248 valence electrons. The Morgan fingerprint density at radius 3 is 1.93 bits per heavy atom. The Morgan fingerprint density at radius 1 is 0.822 bits per heavy atom. The quantitative estimate of drug-likeness (QED) is 0.283. The Balaban J connectivity index is 2.64. The minimum Gasteiger partial charge on any atom is -0.458 e. The van der Waals surface area contributed by atoms with Gasteiger partial charge >= 0.3 is 12.1 Å². The summed E-state index contributed by atoms with van der Waals surface area (Å²) in [5.74, 6) is -1.92. The summed E-state index contributed by atoms with van der Waals surface area (Å²) in [7, 11) is 0. The summed E-state index contributed by atoms with van der Waals surface area (Å²) < 4.78 is 11.0. The number of aryl methyl sites for hydroxylation is 1. The fraction of sp³-hybridized carbons (Fsp3) is 0.543. The first kappa shape index (κ1) is 37.3. The number of rotatable bonds is 12. The SMILES string of the molecule is CCC(C)(C)N(C(=O)C(CO)NC(=O)OC(C)(C)C)C(C(=O)NC(Cc1ccccc1)C(=O)OC(C)(C)C)c1cccc(C)c1. The zero-order valence-corrected chi connectivity index (χ0v) is 28.4. The van der Waals surface area contributed by atoms with Crippen molar-refractivity contribution in [2.45, 2.75) is 117 Å². The third-order valence-electron chi connectivity index (χ3n) is 7.08. The molecule has 3 N–H and O–H groups in total. The number of esters is 1. The maximum atomic E-state index is 14.5. The van der Waals surface area contributed by atoms with Crippen LogP contribution in [0.25, 0.3) is 0 Å². The summed E-state index contributed by atoms with van der Waals surface area (Å²) in [5, 5.41) is 15.6. The van der Waals surface area contributed by atoms with E-state index >= 15 is 0 Å². The number of hydrogen-bond donors (Lipinski definition) is 3. The number of ether oxygens (including phenoxy) is 2. The second-order valence-corrected chi connectivity index (χ2v) is 13.9. The summed E-state index contributed by atoms with van der Waals surface area (Å²) in [6.45, 7) is 16.9. The van der Waals surface area contributed by atoms with Crippen molar-refractivity contribution in [3.05, 3.63) is 71.3 Å². The van der Waals surface area contributed by atoms with Crippen molar-refractivity contribution in [1.82, 2.24) is 15.5 Å². The van der Waals surface area contributed by atoms with Gasteiger partial charge < -0.3 is 30.1 Å². The van der Waals surface area contributed by atoms with Crippen molar-refractivity contribution in [2.24, 2.45) is 0 Å². The summed E-state index contributed by atoms with van der Waals surface area (Å²) in [6.07, 6.45) is -0.293. The number of hydrogen-bond acceptors (Lipinski definition) is 7. The molecule has 3 atom stereocenters. The molecule has 2 aromatic rings. The van der Waals surface area contributed by atoms with Crippen molar-refractivity contribution in [3.8, 4) is 0 Å². The van der Waals surface area contributed by atoms with Crippen LogP contribution in [0, 0.1) is 6.92 Å². The number of nitrogens with one attached hydrogen (secondary N) is 2. The molecule has 45 heavy (non-hydrogen) atoms. The van der Waals surface area contributed by atoms with Crippen LogP contribution in [0.3, 0.4) is 0 Å². The first-order valence-electron chi connectivity index (χ1n) is 15.3. The minimum absolute atomic E-state index is 0.159. The van der Waals surface area contributed by atoms with Gasteiger partial charge in [-0.25, -0.2) is 9.59 Å². The van der Waals surface area contributed by atoms with Crippen LogP contribution < -0.4 is 10.6 Å². The van der Waals surface area contributed by atoms with Crippen LogP contribution in [0.1, 0.15) is 91.5 Å². The van der Waals surface area contributed by atoms with Crippen molar-refractivity contribution >= 4 is 23.9 Å². The minimum atomic E-state index is -1.41. The molecule has 0 spiro atoms. The van der Waals surface area contributed by atoms with Crippen LogP contribution in [-0.4, -0.2) is 69.3 Å². The van der Waals surface area contributed by atoms with Gasteiger partial charge in [-0.3, -0.25) is 9.59 Å². The molecule has 0 aliphatic rings. The zero-order valence-electron chi connectivity index (χ0n) is 28.4. The largest absolute Gasteiger partial charge is 0.458 e. The lowest BCUT2D eigenvalue weighted by Gasteiger charge is -2.44. The molecule has 0 aromatic heterocycles. The molecular formula is C35H51N3O7. The van der Waals surface area contributed by atoms with Crippen LogP contribution in [0.4, 0.5) is 4.79 Å². The molecule has 10 nitrogen and oxygen atoms in total. The van der Waals surface area contributed by atoms with E-state index in [0.717, 1.165) is 11.1 Å². The first-order chi connectivity index (χ1) is 20.8. The third kappa shape index (κ3) is 11.5. The maximum absolute atomic E-state index is 14.5. The van der Waals surface area contributed by atoms with Crippen LogP contribution in [-0.2, 0) is 30.3 Å². The van der Waals surface area contributed by atoms with Gasteiger partial charge in [-0.2, -0.15) is 0 Å². The molecule has 0 bridgehead atoms. The number of alkyl carbamates (subject to hydrolysis) is 1. The summed E-state index contributed by atoms with van der Waals surface area (Å²) in [5.41, 5.74) is -0.420. The normalized spacial score (nSPS) is 14.0. The van der Waals surface area contributed by atoms with Gasteiger partial charge in [0.15, 0.2) is 0 Å². The Hall–Kier alpha value is -3.92. The Morgan fingerprint density at radius 2 is 1.42 bits per heavy atom. The van der Waals surface area contributed by atoms with Crippen LogP contribution >= 0.6 is 0 Å². The molecule has 2 rings (SSSR count). The molecule has 0 saturated carbocycles. The van der Waals surface area contributed by atoms with Gasteiger partial charge in [-0.15, -0.1) is 0 Å². The number of benzene rings is 2. The maximum Gasteiger partial charge on any atom is 0.408 e. The topological polar surface area (TPSA) is 134 Å². The van der Waals surface area contributed by atoms with Gasteiger partial charge in [0.2, 0.25) is 11.8 Å². The van der Waals surface area contributed by atoms with Crippen molar-refractivity contribution in [2.75, 3.05) is 6.61 Å². The lowest BCUT2D eigenvalue weighted by atomic mass is 9.91. The average Bonchev–Trinajstić information content (AvgIpc) is 2.92. The predicted octanol–water partition coefficient (Wildman–Crippen LogP) is 5.01. The van der Waals surface area contributed by atoms with E-state index < -0.39 is 65.4 Å². The fourth-order valence-corrected chi connectivity index (χ4v) is 4.67. The number of nitrogens with zero attached hydrogens (tertiary/aromatic N) is 1. The molecule has 10 heteroatoms. The standard InChI is InChI=1S/C35H51N3O7/c1-11-35(9,10)38(30(41)27(22-39)37-32(43)45-34(6,7)8)28(25-19-15-16-23(2)20-25)29(40)36-26(31(42)44-33(3,4)5)21-24-17-13-12-14-18-24/h12-20,26-28,39H,11,21-22H2,1-10H3,(H,36,40)(H,37,43). The van der Waals surface area contributed by atoms with Crippen LogP contribution in [0.2, 0.25) is 0 Å². The highest BCUT2D eigenvalue weighted by atomic mass is 16.6. The Kier molecular flexibility index (Phi) is 12.7. The van der Waals surface area contributed by atoms with Crippen molar-refractivity contribution < 1.29 is 33.8 Å². The Labute approximate surface area is 267 Å². The molecule has 0 aliphatic heterocycles. The van der Waals surface area contributed by atoms with E-state index in [1.54, 1.807) is 73.6 Å². The number of aliphatic hydroxyl groups is 1. The molecule has 0 aliphatic carbocycles. The molecule has 0 radical (unpaired) electrons. The van der Waals surface area contributed by atoms with E-state index in [9.17, 15) is 24.3 Å². The van der Waals surface area contributed by atoms with Crippen molar-refractivity contribution in [3.63, 3.8) is 0 Å². The first-order valence-corrected chi connectivity index (χ1v) is 15.3. The fourth-order valence-electron chi connectivity index (χ4n) is 4.67. The lowest BCUT2D eigenvalue weighted by Crippen LogP contribution is -2.61. The van der Waals surface area contributed by atoms with Gasteiger partial charge in [0.05, 0.1) is 6.61 Å². The van der Waals surface area contributed by atoms with Gasteiger partial charge in [-0.05, 0) is 79.9 Å². The van der Waals surface area contributed by atoms with Gasteiger partial charge in [0, 0.05) is 12.0 Å². The smallest absolute Gasteiger partial charge is 0.408 e. The Bertz CT molecular complexity index is 1310. The highest BCUT2D eigenvalue weighted by molar-refractivity contribution is 5.94. The van der Waals surface area contributed by atoms with Crippen LogP contribution in [0.15, 0.2) is 54.6 Å². The second-order valence-electron chi connectivity index (χ2n) is 13.9. The average molecular weight is 626 g/mol. The molecule has 0 heterocycles. The molecular weight excluding hydrogens is 574 g/mol.